The van der Waals surface area contributed by atoms with Crippen molar-refractivity contribution >= 4 is 27.5 Å². The van der Waals surface area contributed by atoms with Crippen LogP contribution in [0.2, 0.25) is 5.15 Å². The smallest absolute Gasteiger partial charge is 0.295 e. The largest absolute Gasteiger partial charge is 0.334 e. The topological polar surface area (TPSA) is 54.9 Å². The van der Waals surface area contributed by atoms with Gasteiger partial charge in [-0.1, -0.05) is 11.6 Å². The molecule has 0 spiro atoms. The van der Waals surface area contributed by atoms with E-state index in [9.17, 15) is 18.4 Å². The molecule has 1 heterocycles. The zero-order valence-electron chi connectivity index (χ0n) is 9.43. The summed E-state index contributed by atoms with van der Waals surface area (Å²) >= 11 is 8.30. The number of rotatable bonds is 1. The van der Waals surface area contributed by atoms with Gasteiger partial charge in [0.05, 0.1) is 10.2 Å². The lowest BCUT2D eigenvalue weighted by Crippen LogP contribution is -2.36. The summed E-state index contributed by atoms with van der Waals surface area (Å²) in [5.41, 5.74) is -1.74. The molecule has 0 aliphatic rings. The number of halogens is 4. The van der Waals surface area contributed by atoms with Crippen molar-refractivity contribution in [2.75, 3.05) is 0 Å². The fraction of sp³-hybridized carbons (Fsp3) is 0.0909. The number of aryl methyl sites for hydroxylation is 1. The molecular formula is C11H6BrClF2N2O2. The third-order valence-corrected chi connectivity index (χ3v) is 3.35. The summed E-state index contributed by atoms with van der Waals surface area (Å²) in [6.07, 6.45) is 0. The van der Waals surface area contributed by atoms with Crippen LogP contribution < -0.4 is 11.2 Å². The number of aromatic nitrogens is 2. The lowest BCUT2D eigenvalue weighted by atomic mass is 10.2. The highest BCUT2D eigenvalue weighted by Gasteiger charge is 2.16. The second kappa shape index (κ2) is 4.90. The highest BCUT2D eigenvalue weighted by molar-refractivity contribution is 9.10. The molecule has 1 aromatic carbocycles. The molecule has 0 amide bonds. The first-order valence-electron chi connectivity index (χ1n) is 4.99. The number of hydrogen-bond acceptors (Lipinski definition) is 2. The minimum absolute atomic E-state index is 0.0507. The third-order valence-electron chi connectivity index (χ3n) is 2.48. The number of nitrogens with zero attached hydrogens (tertiary/aromatic N) is 1. The molecule has 0 atom stereocenters. The van der Waals surface area contributed by atoms with Crippen molar-refractivity contribution in [2.45, 2.75) is 6.92 Å². The average molecular weight is 352 g/mol. The Morgan fingerprint density at radius 2 is 1.95 bits per heavy atom. The monoisotopic (exact) mass is 350 g/mol. The van der Waals surface area contributed by atoms with Gasteiger partial charge in [-0.05, 0) is 40.5 Å². The van der Waals surface area contributed by atoms with E-state index in [1.807, 2.05) is 4.98 Å². The molecule has 0 saturated carbocycles. The highest BCUT2D eigenvalue weighted by atomic mass is 79.9. The summed E-state index contributed by atoms with van der Waals surface area (Å²) in [7, 11) is 0. The number of nitrogens with one attached hydrogen (secondary N) is 1. The Labute approximate surface area is 118 Å². The number of aromatic amines is 1. The fourth-order valence-corrected chi connectivity index (χ4v) is 2.08. The van der Waals surface area contributed by atoms with Crippen molar-refractivity contribution in [1.29, 1.82) is 0 Å². The van der Waals surface area contributed by atoms with E-state index in [-0.39, 0.29) is 10.2 Å². The molecule has 100 valence electrons. The molecule has 19 heavy (non-hydrogen) atoms. The van der Waals surface area contributed by atoms with Gasteiger partial charge in [0.2, 0.25) is 5.82 Å². The Balaban J connectivity index is 2.88. The van der Waals surface area contributed by atoms with Crippen LogP contribution in [0.25, 0.3) is 5.69 Å². The lowest BCUT2D eigenvalue weighted by Gasteiger charge is -2.09. The van der Waals surface area contributed by atoms with E-state index in [2.05, 4.69) is 15.9 Å². The summed E-state index contributed by atoms with van der Waals surface area (Å²) in [5, 5.41) is -0.662. The van der Waals surface area contributed by atoms with E-state index in [0.29, 0.717) is 10.1 Å². The maximum absolute atomic E-state index is 13.4. The standard InChI is InChI=1S/C11H6BrClF2N2O2/c1-4-2-6(14)5(12)3-7(4)17-10(18)8(15)9(13)16-11(17)19/h2-3H,1H3,(H,16,19). The fourth-order valence-electron chi connectivity index (χ4n) is 1.58. The Morgan fingerprint density at radius 1 is 1.32 bits per heavy atom. The van der Waals surface area contributed by atoms with E-state index in [0.717, 1.165) is 6.07 Å². The summed E-state index contributed by atoms with van der Waals surface area (Å²) < 4.78 is 27.4. The van der Waals surface area contributed by atoms with Crippen LogP contribution in [-0.2, 0) is 0 Å². The van der Waals surface area contributed by atoms with Crippen molar-refractivity contribution in [2.24, 2.45) is 0 Å². The summed E-state index contributed by atoms with van der Waals surface area (Å²) in [5.74, 6) is -1.83. The van der Waals surface area contributed by atoms with E-state index < -0.39 is 28.0 Å². The van der Waals surface area contributed by atoms with E-state index in [1.165, 1.54) is 13.0 Å². The van der Waals surface area contributed by atoms with Crippen LogP contribution >= 0.6 is 27.5 Å². The van der Waals surface area contributed by atoms with E-state index in [1.54, 1.807) is 0 Å². The zero-order chi connectivity index (χ0) is 14.3. The second-order valence-electron chi connectivity index (χ2n) is 3.75. The van der Waals surface area contributed by atoms with Gasteiger partial charge in [0.25, 0.3) is 5.56 Å². The summed E-state index contributed by atoms with van der Waals surface area (Å²) in [6, 6.07) is 2.34. The van der Waals surface area contributed by atoms with Gasteiger partial charge in [-0.3, -0.25) is 9.78 Å². The van der Waals surface area contributed by atoms with Gasteiger partial charge >= 0.3 is 5.69 Å². The molecule has 0 radical (unpaired) electrons. The third kappa shape index (κ3) is 2.35. The van der Waals surface area contributed by atoms with Gasteiger partial charge in [0, 0.05) is 0 Å². The maximum Gasteiger partial charge on any atom is 0.334 e. The molecule has 0 bridgehead atoms. The quantitative estimate of drug-likeness (QED) is 0.803. The van der Waals surface area contributed by atoms with Gasteiger partial charge in [-0.15, -0.1) is 0 Å². The number of H-pyrrole nitrogens is 1. The first-order chi connectivity index (χ1) is 8.82. The first-order valence-corrected chi connectivity index (χ1v) is 6.16. The van der Waals surface area contributed by atoms with Gasteiger partial charge in [-0.25, -0.2) is 13.8 Å². The Hall–Kier alpha value is -1.47. The van der Waals surface area contributed by atoms with Crippen LogP contribution in [0.5, 0.6) is 0 Å². The average Bonchev–Trinajstić information content (AvgIpc) is 2.33. The highest BCUT2D eigenvalue weighted by Crippen LogP contribution is 2.22. The molecule has 2 aromatic rings. The predicted octanol–water partition coefficient (Wildman–Crippen LogP) is 2.53. The van der Waals surface area contributed by atoms with Gasteiger partial charge < -0.3 is 0 Å². The predicted molar refractivity (Wildman–Crippen MR) is 70.0 cm³/mol. The van der Waals surface area contributed by atoms with Gasteiger partial charge in [0.1, 0.15) is 5.82 Å². The molecular weight excluding hydrogens is 345 g/mol. The molecule has 8 heteroatoms. The van der Waals surface area contributed by atoms with Crippen molar-refractivity contribution in [3.8, 4) is 5.69 Å². The Morgan fingerprint density at radius 3 is 2.58 bits per heavy atom. The second-order valence-corrected chi connectivity index (χ2v) is 4.98. The first kappa shape index (κ1) is 14.0. The number of benzene rings is 1. The SMILES string of the molecule is Cc1cc(F)c(Br)cc1-n1c(=O)[nH]c(Cl)c(F)c1=O. The molecule has 1 aromatic heterocycles. The molecule has 4 nitrogen and oxygen atoms in total. The van der Waals surface area contributed by atoms with Crippen LogP contribution in [0.3, 0.4) is 0 Å². The zero-order valence-corrected chi connectivity index (χ0v) is 11.8. The van der Waals surface area contributed by atoms with Crippen molar-refractivity contribution in [3.05, 3.63) is 59.8 Å². The molecule has 0 unspecified atom stereocenters. The Kier molecular flexibility index (Phi) is 3.60. The van der Waals surface area contributed by atoms with Crippen LogP contribution in [0.15, 0.2) is 26.2 Å². The van der Waals surface area contributed by atoms with Crippen molar-refractivity contribution in [1.82, 2.24) is 9.55 Å². The van der Waals surface area contributed by atoms with E-state index in [4.69, 9.17) is 11.6 Å². The minimum atomic E-state index is -1.28. The summed E-state index contributed by atoms with van der Waals surface area (Å²) in [6.45, 7) is 1.49. The summed E-state index contributed by atoms with van der Waals surface area (Å²) in [4.78, 5) is 25.4. The van der Waals surface area contributed by atoms with Crippen LogP contribution in [0.4, 0.5) is 8.78 Å². The minimum Gasteiger partial charge on any atom is -0.295 e. The van der Waals surface area contributed by atoms with Gasteiger partial charge in [-0.2, -0.15) is 4.39 Å². The van der Waals surface area contributed by atoms with Crippen LogP contribution in [0.1, 0.15) is 5.56 Å². The molecule has 0 aliphatic heterocycles. The molecule has 0 saturated heterocycles. The number of hydrogen-bond donors (Lipinski definition) is 1. The van der Waals surface area contributed by atoms with Crippen LogP contribution in [0, 0.1) is 18.6 Å². The normalized spacial score (nSPS) is 10.8. The van der Waals surface area contributed by atoms with Crippen molar-refractivity contribution < 1.29 is 8.78 Å². The Bertz CT molecular complexity index is 785. The maximum atomic E-state index is 13.4. The molecule has 2 rings (SSSR count). The molecule has 1 N–H and O–H groups in total. The van der Waals surface area contributed by atoms with Crippen molar-refractivity contribution in [3.63, 3.8) is 0 Å². The molecule has 0 fully saturated rings. The van der Waals surface area contributed by atoms with E-state index >= 15 is 0 Å². The van der Waals surface area contributed by atoms with Crippen LogP contribution in [-0.4, -0.2) is 9.55 Å². The molecule has 0 aliphatic carbocycles. The van der Waals surface area contributed by atoms with Gasteiger partial charge in [0.15, 0.2) is 5.15 Å². The lowest BCUT2D eigenvalue weighted by molar-refractivity contribution is 0.583.